The Morgan fingerprint density at radius 2 is 2.11 bits per heavy atom. The average Bonchev–Trinajstić information content (AvgIpc) is 3.19. The number of methoxy groups -OCH3 is 1. The second kappa shape index (κ2) is 6.88. The van der Waals surface area contributed by atoms with Gasteiger partial charge in [-0.05, 0) is 30.9 Å². The molecule has 1 atom stereocenters. The first kappa shape index (κ1) is 13.5. The molecule has 1 fully saturated rings. The summed E-state index contributed by atoms with van der Waals surface area (Å²) in [5, 5.41) is 3.52. The van der Waals surface area contributed by atoms with Gasteiger partial charge in [0.2, 0.25) is 0 Å². The van der Waals surface area contributed by atoms with Crippen molar-refractivity contribution < 1.29 is 9.47 Å². The van der Waals surface area contributed by atoms with Crippen LogP contribution in [0.2, 0.25) is 0 Å². The van der Waals surface area contributed by atoms with Crippen LogP contribution in [0.3, 0.4) is 0 Å². The van der Waals surface area contributed by atoms with Gasteiger partial charge in [-0.3, -0.25) is 0 Å². The molecule has 3 nitrogen and oxygen atoms in total. The lowest BCUT2D eigenvalue weighted by molar-refractivity contribution is -0.000146. The van der Waals surface area contributed by atoms with Crippen LogP contribution in [0.15, 0.2) is 24.3 Å². The highest BCUT2D eigenvalue weighted by atomic mass is 16.5. The SMILES string of the molecule is COCC(C)OCc1cccc(CNC2CC2)c1. The van der Waals surface area contributed by atoms with Gasteiger partial charge in [-0.15, -0.1) is 0 Å². The van der Waals surface area contributed by atoms with E-state index in [1.54, 1.807) is 7.11 Å². The number of nitrogens with one attached hydrogen (secondary N) is 1. The Morgan fingerprint density at radius 1 is 1.33 bits per heavy atom. The van der Waals surface area contributed by atoms with Crippen LogP contribution in [-0.4, -0.2) is 25.9 Å². The number of rotatable bonds is 8. The fourth-order valence-corrected chi connectivity index (χ4v) is 1.90. The fraction of sp³-hybridized carbons (Fsp3) is 0.600. The number of hydrogen-bond acceptors (Lipinski definition) is 3. The highest BCUT2D eigenvalue weighted by Crippen LogP contribution is 2.19. The molecule has 1 aliphatic carbocycles. The van der Waals surface area contributed by atoms with Crippen LogP contribution >= 0.6 is 0 Å². The molecule has 1 aliphatic rings. The van der Waals surface area contributed by atoms with Gasteiger partial charge in [0.05, 0.1) is 19.3 Å². The van der Waals surface area contributed by atoms with Crippen molar-refractivity contribution in [1.29, 1.82) is 0 Å². The maximum atomic E-state index is 5.72. The minimum absolute atomic E-state index is 0.142. The number of benzene rings is 1. The van der Waals surface area contributed by atoms with Crippen molar-refractivity contribution in [3.8, 4) is 0 Å². The molecule has 1 saturated carbocycles. The van der Waals surface area contributed by atoms with Crippen LogP contribution in [-0.2, 0) is 22.6 Å². The zero-order chi connectivity index (χ0) is 12.8. The van der Waals surface area contributed by atoms with Gasteiger partial charge in [-0.2, -0.15) is 0 Å². The monoisotopic (exact) mass is 249 g/mol. The molecular weight excluding hydrogens is 226 g/mol. The summed E-state index contributed by atoms with van der Waals surface area (Å²) in [5.74, 6) is 0. The minimum atomic E-state index is 0.142. The lowest BCUT2D eigenvalue weighted by atomic mass is 10.1. The highest BCUT2D eigenvalue weighted by molar-refractivity contribution is 5.23. The van der Waals surface area contributed by atoms with Gasteiger partial charge in [0.1, 0.15) is 0 Å². The highest BCUT2D eigenvalue weighted by Gasteiger charge is 2.19. The average molecular weight is 249 g/mol. The minimum Gasteiger partial charge on any atom is -0.382 e. The predicted octanol–water partition coefficient (Wildman–Crippen LogP) is 2.49. The zero-order valence-electron chi connectivity index (χ0n) is 11.3. The first-order valence-corrected chi connectivity index (χ1v) is 6.69. The molecule has 0 bridgehead atoms. The smallest absolute Gasteiger partial charge is 0.0784 e. The largest absolute Gasteiger partial charge is 0.382 e. The quantitative estimate of drug-likeness (QED) is 0.768. The molecule has 1 N–H and O–H groups in total. The van der Waals surface area contributed by atoms with E-state index in [0.29, 0.717) is 13.2 Å². The second-order valence-corrected chi connectivity index (χ2v) is 5.05. The third-order valence-electron chi connectivity index (χ3n) is 3.10. The summed E-state index contributed by atoms with van der Waals surface area (Å²) in [6.07, 6.45) is 2.80. The standard InChI is InChI=1S/C15H23NO2/c1-12(10-17-2)18-11-14-5-3-4-13(8-14)9-16-15-6-7-15/h3-5,8,12,15-16H,6-7,9-11H2,1-2H3. The van der Waals surface area contributed by atoms with Crippen LogP contribution < -0.4 is 5.32 Å². The Hall–Kier alpha value is -0.900. The van der Waals surface area contributed by atoms with Crippen molar-refractivity contribution in [3.05, 3.63) is 35.4 Å². The van der Waals surface area contributed by atoms with E-state index in [-0.39, 0.29) is 6.10 Å². The van der Waals surface area contributed by atoms with Crippen molar-refractivity contribution in [3.63, 3.8) is 0 Å². The summed E-state index contributed by atoms with van der Waals surface area (Å²) in [7, 11) is 1.70. The van der Waals surface area contributed by atoms with Crippen molar-refractivity contribution >= 4 is 0 Å². The van der Waals surface area contributed by atoms with Gasteiger partial charge in [0.15, 0.2) is 0 Å². The predicted molar refractivity (Wildman–Crippen MR) is 72.4 cm³/mol. The summed E-state index contributed by atoms with van der Waals surface area (Å²) in [4.78, 5) is 0. The Kier molecular flexibility index (Phi) is 5.17. The van der Waals surface area contributed by atoms with Crippen molar-refractivity contribution in [2.24, 2.45) is 0 Å². The molecule has 100 valence electrons. The van der Waals surface area contributed by atoms with Gasteiger partial charge in [0.25, 0.3) is 0 Å². The maximum absolute atomic E-state index is 5.72. The molecule has 0 amide bonds. The van der Waals surface area contributed by atoms with Gasteiger partial charge in [-0.1, -0.05) is 24.3 Å². The molecule has 0 aromatic heterocycles. The first-order chi connectivity index (χ1) is 8.78. The van der Waals surface area contributed by atoms with E-state index in [0.717, 1.165) is 12.6 Å². The van der Waals surface area contributed by atoms with E-state index >= 15 is 0 Å². The van der Waals surface area contributed by atoms with E-state index in [1.807, 2.05) is 6.92 Å². The summed E-state index contributed by atoms with van der Waals surface area (Å²) in [5.41, 5.74) is 2.57. The van der Waals surface area contributed by atoms with E-state index in [9.17, 15) is 0 Å². The van der Waals surface area contributed by atoms with Crippen LogP contribution in [0.5, 0.6) is 0 Å². The van der Waals surface area contributed by atoms with E-state index in [1.165, 1.54) is 24.0 Å². The molecular formula is C15H23NO2. The van der Waals surface area contributed by atoms with Crippen LogP contribution in [0, 0.1) is 0 Å². The lowest BCUT2D eigenvalue weighted by Gasteiger charge is -2.12. The Balaban J connectivity index is 1.78. The molecule has 0 heterocycles. The molecule has 1 unspecified atom stereocenters. The number of hydrogen-bond donors (Lipinski definition) is 1. The Labute approximate surface area is 109 Å². The van der Waals surface area contributed by atoms with Crippen molar-refractivity contribution in [2.45, 2.75) is 45.1 Å². The van der Waals surface area contributed by atoms with Gasteiger partial charge in [-0.25, -0.2) is 0 Å². The molecule has 1 aromatic carbocycles. The van der Waals surface area contributed by atoms with Crippen LogP contribution in [0.1, 0.15) is 30.9 Å². The summed E-state index contributed by atoms with van der Waals surface area (Å²) in [6.45, 7) is 4.29. The van der Waals surface area contributed by atoms with E-state index in [2.05, 4.69) is 29.6 Å². The van der Waals surface area contributed by atoms with Gasteiger partial charge >= 0.3 is 0 Å². The van der Waals surface area contributed by atoms with Crippen molar-refractivity contribution in [2.75, 3.05) is 13.7 Å². The Morgan fingerprint density at radius 3 is 2.83 bits per heavy atom. The molecule has 0 radical (unpaired) electrons. The summed E-state index contributed by atoms with van der Waals surface area (Å²) in [6, 6.07) is 9.35. The van der Waals surface area contributed by atoms with Gasteiger partial charge < -0.3 is 14.8 Å². The summed E-state index contributed by atoms with van der Waals surface area (Å²) < 4.78 is 10.8. The van der Waals surface area contributed by atoms with E-state index < -0.39 is 0 Å². The fourth-order valence-electron chi connectivity index (χ4n) is 1.90. The zero-order valence-corrected chi connectivity index (χ0v) is 11.3. The van der Waals surface area contributed by atoms with Crippen LogP contribution in [0.25, 0.3) is 0 Å². The molecule has 0 aliphatic heterocycles. The third kappa shape index (κ3) is 4.77. The lowest BCUT2D eigenvalue weighted by Crippen LogP contribution is -2.16. The normalized spacial score (nSPS) is 16.8. The molecule has 18 heavy (non-hydrogen) atoms. The Bertz CT molecular complexity index is 363. The summed E-state index contributed by atoms with van der Waals surface area (Å²) >= 11 is 0. The third-order valence-corrected chi connectivity index (χ3v) is 3.10. The first-order valence-electron chi connectivity index (χ1n) is 6.69. The van der Waals surface area contributed by atoms with Crippen LogP contribution in [0.4, 0.5) is 0 Å². The molecule has 2 rings (SSSR count). The topological polar surface area (TPSA) is 30.5 Å². The van der Waals surface area contributed by atoms with Gasteiger partial charge in [0, 0.05) is 19.7 Å². The van der Waals surface area contributed by atoms with Crippen molar-refractivity contribution in [1.82, 2.24) is 5.32 Å². The molecule has 0 spiro atoms. The molecule has 1 aromatic rings. The molecule has 0 saturated heterocycles. The second-order valence-electron chi connectivity index (χ2n) is 5.05. The molecule has 3 heteroatoms. The maximum Gasteiger partial charge on any atom is 0.0784 e. The number of ether oxygens (including phenoxy) is 2. The van der Waals surface area contributed by atoms with E-state index in [4.69, 9.17) is 9.47 Å².